The van der Waals surface area contributed by atoms with Crippen molar-refractivity contribution in [2.24, 2.45) is 0 Å². The number of aryl methyl sites for hydroxylation is 1. The highest BCUT2D eigenvalue weighted by atomic mass is 16.1. The minimum atomic E-state index is -0.152. The summed E-state index contributed by atoms with van der Waals surface area (Å²) in [5.41, 5.74) is 5.09. The number of pyridine rings is 2. The van der Waals surface area contributed by atoms with E-state index in [0.717, 1.165) is 27.7 Å². The van der Waals surface area contributed by atoms with E-state index < -0.39 is 0 Å². The second-order valence-electron chi connectivity index (χ2n) is 7.42. The van der Waals surface area contributed by atoms with E-state index in [1.54, 1.807) is 24.7 Å². The van der Waals surface area contributed by atoms with Crippen molar-refractivity contribution in [1.82, 2.24) is 24.9 Å². The van der Waals surface area contributed by atoms with Crippen molar-refractivity contribution in [1.29, 1.82) is 0 Å². The molecule has 2 N–H and O–H groups in total. The summed E-state index contributed by atoms with van der Waals surface area (Å²) < 4.78 is 0. The summed E-state index contributed by atoms with van der Waals surface area (Å²) in [5.74, 6) is 0.702. The molecule has 0 aliphatic rings. The number of hydrogen-bond donors (Lipinski definition) is 2. The minimum absolute atomic E-state index is 0.152. The minimum Gasteiger partial charge on any atom is -0.358 e. The van der Waals surface area contributed by atoms with Crippen LogP contribution >= 0.6 is 0 Å². The van der Waals surface area contributed by atoms with Crippen LogP contribution in [0.3, 0.4) is 0 Å². The monoisotopic (exact) mass is 420 g/mol. The highest BCUT2D eigenvalue weighted by Gasteiger charge is 2.15. The number of amides is 1. The Labute approximate surface area is 184 Å². The quantitative estimate of drug-likeness (QED) is 0.434. The van der Waals surface area contributed by atoms with E-state index in [4.69, 9.17) is 0 Å². The fourth-order valence-electron chi connectivity index (χ4n) is 3.69. The van der Waals surface area contributed by atoms with Crippen molar-refractivity contribution < 1.29 is 4.79 Å². The van der Waals surface area contributed by atoms with Crippen molar-refractivity contribution in [3.05, 3.63) is 90.5 Å². The van der Waals surface area contributed by atoms with E-state index in [1.807, 2.05) is 61.5 Å². The molecule has 7 heteroatoms. The van der Waals surface area contributed by atoms with Crippen LogP contribution in [0.25, 0.3) is 33.7 Å². The number of anilines is 1. The molecule has 1 aromatic carbocycles. The van der Waals surface area contributed by atoms with Gasteiger partial charge in [-0.2, -0.15) is 0 Å². The smallest absolute Gasteiger partial charge is 0.230 e. The van der Waals surface area contributed by atoms with Crippen molar-refractivity contribution >= 4 is 22.6 Å². The van der Waals surface area contributed by atoms with Crippen LogP contribution in [0.1, 0.15) is 11.3 Å². The first-order valence-corrected chi connectivity index (χ1v) is 10.2. The van der Waals surface area contributed by atoms with E-state index in [1.165, 1.54) is 0 Å². The molecule has 0 aliphatic heterocycles. The predicted molar refractivity (Wildman–Crippen MR) is 124 cm³/mol. The van der Waals surface area contributed by atoms with E-state index in [2.05, 4.69) is 30.2 Å². The maximum Gasteiger partial charge on any atom is 0.230 e. The van der Waals surface area contributed by atoms with Crippen LogP contribution < -0.4 is 5.32 Å². The molecule has 0 fully saturated rings. The number of aromatic nitrogens is 5. The Bertz CT molecular complexity index is 1340. The summed E-state index contributed by atoms with van der Waals surface area (Å²) in [6, 6.07) is 19.0. The van der Waals surface area contributed by atoms with E-state index in [9.17, 15) is 4.79 Å². The lowest BCUT2D eigenvalue weighted by Gasteiger charge is -2.10. The van der Waals surface area contributed by atoms with Crippen LogP contribution in [0, 0.1) is 6.92 Å². The average molecular weight is 420 g/mol. The summed E-state index contributed by atoms with van der Waals surface area (Å²) in [7, 11) is 0. The van der Waals surface area contributed by atoms with Gasteiger partial charge in [-0.15, -0.1) is 0 Å². The van der Waals surface area contributed by atoms with Crippen LogP contribution in [0.2, 0.25) is 0 Å². The number of fused-ring (bicyclic) bond motifs is 1. The number of rotatable bonds is 5. The highest BCUT2D eigenvalue weighted by Crippen LogP contribution is 2.25. The summed E-state index contributed by atoms with van der Waals surface area (Å²) >= 11 is 0. The normalized spacial score (nSPS) is 10.9. The molecule has 5 rings (SSSR count). The zero-order valence-electron chi connectivity index (χ0n) is 17.4. The van der Waals surface area contributed by atoms with Gasteiger partial charge in [0.25, 0.3) is 0 Å². The number of para-hydroxylation sites is 1. The third-order valence-electron chi connectivity index (χ3n) is 5.21. The Morgan fingerprint density at radius 3 is 2.66 bits per heavy atom. The molecular formula is C25H20N6O. The Kier molecular flexibility index (Phi) is 5.13. The van der Waals surface area contributed by atoms with Crippen LogP contribution in [-0.2, 0) is 11.2 Å². The fraction of sp³-hybridized carbons (Fsp3) is 0.0800. The van der Waals surface area contributed by atoms with E-state index >= 15 is 0 Å². The first kappa shape index (κ1) is 19.6. The van der Waals surface area contributed by atoms with Gasteiger partial charge >= 0.3 is 0 Å². The van der Waals surface area contributed by atoms with Gasteiger partial charge in [-0.3, -0.25) is 14.8 Å². The Morgan fingerprint density at radius 2 is 1.84 bits per heavy atom. The SMILES string of the molecule is Cc1[nH]c2ccccc2c1CC(=O)Nc1cc(-c2cccnc2)nc(-c2ccccn2)n1. The molecule has 4 heterocycles. The summed E-state index contributed by atoms with van der Waals surface area (Å²) in [6.45, 7) is 1.98. The second kappa shape index (κ2) is 8.39. The molecule has 0 atom stereocenters. The standard InChI is InChI=1S/C25H20N6O/c1-16-19(18-8-2-3-9-20(18)28-16)13-24(32)30-23-14-22(17-7-6-11-26-15-17)29-25(31-23)21-10-4-5-12-27-21/h2-12,14-15,28H,13H2,1H3,(H,29,30,31,32). The Hall–Kier alpha value is -4.39. The van der Waals surface area contributed by atoms with Crippen LogP contribution in [0.4, 0.5) is 5.82 Å². The van der Waals surface area contributed by atoms with Gasteiger partial charge in [-0.05, 0) is 42.8 Å². The molecule has 0 saturated carbocycles. The summed E-state index contributed by atoms with van der Waals surface area (Å²) in [4.78, 5) is 34.0. The van der Waals surface area contributed by atoms with Gasteiger partial charge in [0.1, 0.15) is 11.5 Å². The number of H-pyrrole nitrogens is 1. The molecular weight excluding hydrogens is 400 g/mol. The lowest BCUT2D eigenvalue weighted by molar-refractivity contribution is -0.115. The molecule has 0 saturated heterocycles. The molecule has 1 amide bonds. The lowest BCUT2D eigenvalue weighted by atomic mass is 10.1. The van der Waals surface area contributed by atoms with Crippen molar-refractivity contribution in [2.75, 3.05) is 5.32 Å². The molecule has 0 radical (unpaired) electrons. The largest absolute Gasteiger partial charge is 0.358 e. The first-order chi connectivity index (χ1) is 15.7. The number of carbonyl (C=O) groups is 1. The molecule has 0 bridgehead atoms. The number of hydrogen-bond acceptors (Lipinski definition) is 5. The van der Waals surface area contributed by atoms with Crippen molar-refractivity contribution in [3.8, 4) is 22.8 Å². The number of carbonyl (C=O) groups excluding carboxylic acids is 1. The number of nitrogens with one attached hydrogen (secondary N) is 2. The van der Waals surface area contributed by atoms with Crippen molar-refractivity contribution in [2.45, 2.75) is 13.3 Å². The van der Waals surface area contributed by atoms with Crippen LogP contribution in [0.15, 0.2) is 79.3 Å². The third-order valence-corrected chi connectivity index (χ3v) is 5.21. The van der Waals surface area contributed by atoms with Gasteiger partial charge in [0.2, 0.25) is 5.91 Å². The molecule has 0 unspecified atom stereocenters. The molecule has 156 valence electrons. The molecule has 0 aliphatic carbocycles. The maximum atomic E-state index is 13.0. The molecule has 5 aromatic rings. The zero-order valence-corrected chi connectivity index (χ0v) is 17.4. The summed E-state index contributed by atoms with van der Waals surface area (Å²) in [6.07, 6.45) is 5.36. The predicted octanol–water partition coefficient (Wildman–Crippen LogP) is 4.57. The second-order valence-corrected chi connectivity index (χ2v) is 7.42. The van der Waals surface area contributed by atoms with Crippen molar-refractivity contribution in [3.63, 3.8) is 0 Å². The zero-order chi connectivity index (χ0) is 21.9. The first-order valence-electron chi connectivity index (χ1n) is 10.2. The van der Waals surface area contributed by atoms with Gasteiger partial charge in [0.15, 0.2) is 5.82 Å². The molecule has 4 aromatic heterocycles. The van der Waals surface area contributed by atoms with Gasteiger partial charge < -0.3 is 10.3 Å². The van der Waals surface area contributed by atoms with E-state index in [-0.39, 0.29) is 12.3 Å². The molecule has 7 nitrogen and oxygen atoms in total. The fourth-order valence-corrected chi connectivity index (χ4v) is 3.69. The molecule has 32 heavy (non-hydrogen) atoms. The number of benzene rings is 1. The van der Waals surface area contributed by atoms with E-state index in [0.29, 0.717) is 23.0 Å². The van der Waals surface area contributed by atoms with Gasteiger partial charge in [-0.1, -0.05) is 24.3 Å². The number of nitrogens with zero attached hydrogens (tertiary/aromatic N) is 4. The maximum absolute atomic E-state index is 13.0. The van der Waals surface area contributed by atoms with Crippen LogP contribution in [-0.4, -0.2) is 30.8 Å². The van der Waals surface area contributed by atoms with Gasteiger partial charge in [0.05, 0.1) is 12.1 Å². The lowest BCUT2D eigenvalue weighted by Crippen LogP contribution is -2.16. The van der Waals surface area contributed by atoms with Crippen LogP contribution in [0.5, 0.6) is 0 Å². The highest BCUT2D eigenvalue weighted by molar-refractivity contribution is 5.96. The van der Waals surface area contributed by atoms with Gasteiger partial charge in [-0.25, -0.2) is 9.97 Å². The molecule has 0 spiro atoms. The third kappa shape index (κ3) is 3.96. The topological polar surface area (TPSA) is 96.5 Å². The summed E-state index contributed by atoms with van der Waals surface area (Å²) in [5, 5.41) is 3.99. The number of aromatic amines is 1. The Balaban J connectivity index is 1.48. The van der Waals surface area contributed by atoms with Gasteiger partial charge in [0, 0.05) is 46.8 Å². The Morgan fingerprint density at radius 1 is 0.969 bits per heavy atom. The average Bonchev–Trinajstić information content (AvgIpc) is 3.15.